The Hall–Kier alpha value is -2.37. The van der Waals surface area contributed by atoms with Gasteiger partial charge >= 0.3 is 0 Å². The van der Waals surface area contributed by atoms with Crippen molar-refractivity contribution in [2.45, 2.75) is 29.8 Å². The van der Waals surface area contributed by atoms with Crippen molar-refractivity contribution in [3.63, 3.8) is 0 Å². The Kier molecular flexibility index (Phi) is 3.78. The van der Waals surface area contributed by atoms with Gasteiger partial charge in [-0.05, 0) is 31.0 Å². The van der Waals surface area contributed by atoms with Gasteiger partial charge < -0.3 is 4.90 Å². The van der Waals surface area contributed by atoms with Gasteiger partial charge in [0.05, 0.1) is 26.8 Å². The molecule has 11 heteroatoms. The zero-order valence-corrected chi connectivity index (χ0v) is 15.8. The van der Waals surface area contributed by atoms with Crippen molar-refractivity contribution in [2.75, 3.05) is 13.1 Å². The molecule has 0 aliphatic carbocycles. The van der Waals surface area contributed by atoms with Crippen molar-refractivity contribution in [3.05, 3.63) is 35.6 Å². The third kappa shape index (κ3) is 2.65. The number of nitrogens with zero attached hydrogens (tertiary/aromatic N) is 5. The van der Waals surface area contributed by atoms with Crippen molar-refractivity contribution in [1.29, 1.82) is 0 Å². The summed E-state index contributed by atoms with van der Waals surface area (Å²) in [5.74, 6) is -0.221. The van der Waals surface area contributed by atoms with Crippen molar-refractivity contribution in [3.8, 4) is 0 Å². The molecule has 0 saturated carbocycles. The van der Waals surface area contributed by atoms with Crippen molar-refractivity contribution in [2.24, 2.45) is 0 Å². The van der Waals surface area contributed by atoms with Crippen molar-refractivity contribution < 1.29 is 13.2 Å². The molecule has 2 atom stereocenters. The van der Waals surface area contributed by atoms with Gasteiger partial charge in [0, 0.05) is 25.2 Å². The molecule has 5 rings (SSSR count). The lowest BCUT2D eigenvalue weighted by atomic mass is 10.2. The highest BCUT2D eigenvalue weighted by molar-refractivity contribution is 7.89. The number of thiazole rings is 1. The monoisotopic (exact) mass is 404 g/mol. The van der Waals surface area contributed by atoms with E-state index in [2.05, 4.69) is 20.4 Å². The van der Waals surface area contributed by atoms with E-state index in [9.17, 15) is 13.2 Å². The Bertz CT molecular complexity index is 1100. The van der Waals surface area contributed by atoms with Gasteiger partial charge in [-0.15, -0.1) is 11.3 Å². The van der Waals surface area contributed by atoms with Gasteiger partial charge in [-0.3, -0.25) is 4.79 Å². The molecule has 2 aliphatic heterocycles. The standard InChI is InChI=1S/C16H16N6O3S2/c23-16(14-6-18-20-19-14)21-7-10-1-2-11(8-21)22(10)27(24,25)12-3-4-15-13(5-12)17-9-26-15/h3-6,9-11H,1-2,7-8H2,(H,18,19,20). The number of piperazine rings is 1. The molecule has 1 N–H and O–H groups in total. The van der Waals surface area contributed by atoms with Gasteiger partial charge in [0.15, 0.2) is 5.69 Å². The van der Waals surface area contributed by atoms with Crippen LogP contribution in [0.15, 0.2) is 34.8 Å². The number of hydrogen-bond acceptors (Lipinski definition) is 7. The van der Waals surface area contributed by atoms with Crippen LogP contribution < -0.4 is 0 Å². The highest BCUT2D eigenvalue weighted by Crippen LogP contribution is 2.36. The molecule has 27 heavy (non-hydrogen) atoms. The molecule has 2 aromatic heterocycles. The summed E-state index contributed by atoms with van der Waals surface area (Å²) >= 11 is 1.48. The number of carbonyl (C=O) groups excluding carboxylic acids is 1. The average Bonchev–Trinajstić information content (AvgIpc) is 3.39. The van der Waals surface area contributed by atoms with Crippen LogP contribution in [0.5, 0.6) is 0 Å². The van der Waals surface area contributed by atoms with E-state index in [1.807, 2.05) is 0 Å². The first-order valence-corrected chi connectivity index (χ1v) is 10.9. The van der Waals surface area contributed by atoms with Crippen molar-refractivity contribution >= 4 is 37.5 Å². The number of benzene rings is 1. The summed E-state index contributed by atoms with van der Waals surface area (Å²) in [6.07, 6.45) is 2.87. The van der Waals surface area contributed by atoms with Gasteiger partial charge in [0.1, 0.15) is 0 Å². The molecule has 0 radical (unpaired) electrons. The van der Waals surface area contributed by atoms with Crippen LogP contribution in [0.2, 0.25) is 0 Å². The molecule has 4 heterocycles. The lowest BCUT2D eigenvalue weighted by Gasteiger charge is -2.39. The summed E-state index contributed by atoms with van der Waals surface area (Å²) < 4.78 is 29.1. The summed E-state index contributed by atoms with van der Waals surface area (Å²) in [5.41, 5.74) is 2.65. The average molecular weight is 404 g/mol. The maximum absolute atomic E-state index is 13.3. The van der Waals surface area contributed by atoms with E-state index in [0.717, 1.165) is 17.5 Å². The van der Waals surface area contributed by atoms with E-state index in [0.29, 0.717) is 18.6 Å². The Morgan fingerprint density at radius 1 is 1.22 bits per heavy atom. The fourth-order valence-electron chi connectivity index (χ4n) is 4.01. The number of sulfonamides is 1. The molecule has 1 aromatic carbocycles. The van der Waals surface area contributed by atoms with E-state index in [1.165, 1.54) is 17.5 Å². The number of nitrogens with one attached hydrogen (secondary N) is 1. The quantitative estimate of drug-likeness (QED) is 0.699. The maximum atomic E-state index is 13.3. The van der Waals surface area contributed by atoms with Crippen LogP contribution >= 0.6 is 11.3 Å². The van der Waals surface area contributed by atoms with Gasteiger partial charge in [0.2, 0.25) is 10.0 Å². The second kappa shape index (κ2) is 6.08. The van der Waals surface area contributed by atoms with E-state index < -0.39 is 10.0 Å². The third-order valence-corrected chi connectivity index (χ3v) is 8.02. The molecule has 0 spiro atoms. The predicted octanol–water partition coefficient (Wildman–Crippen LogP) is 1.09. The van der Waals surface area contributed by atoms with Crippen LogP contribution in [0.1, 0.15) is 23.3 Å². The molecule has 2 aliphatic rings. The third-order valence-electron chi connectivity index (χ3n) is 5.21. The predicted molar refractivity (Wildman–Crippen MR) is 97.7 cm³/mol. The van der Waals surface area contributed by atoms with E-state index in [-0.39, 0.29) is 28.6 Å². The SMILES string of the molecule is O=C(c1cn[nH]n1)N1CC2CCC(C1)N2S(=O)(=O)c1ccc2scnc2c1. The maximum Gasteiger partial charge on any atom is 0.276 e. The first-order chi connectivity index (χ1) is 13.0. The van der Waals surface area contributed by atoms with Crippen LogP contribution in [0.25, 0.3) is 10.2 Å². The first-order valence-electron chi connectivity index (χ1n) is 8.56. The minimum Gasteiger partial charge on any atom is -0.334 e. The molecule has 2 unspecified atom stereocenters. The number of hydrogen-bond donors (Lipinski definition) is 1. The normalized spacial score (nSPS) is 23.2. The molecule has 1 amide bonds. The van der Waals surface area contributed by atoms with Crippen molar-refractivity contribution in [1.82, 2.24) is 29.6 Å². The summed E-state index contributed by atoms with van der Waals surface area (Å²) in [6, 6.07) is 4.62. The Labute approximate surface area is 159 Å². The molecular weight excluding hydrogens is 388 g/mol. The minimum atomic E-state index is -3.64. The Morgan fingerprint density at radius 2 is 2.00 bits per heavy atom. The van der Waals surface area contributed by atoms with Crippen LogP contribution in [0.3, 0.4) is 0 Å². The number of fused-ring (bicyclic) bond motifs is 3. The fourth-order valence-corrected chi connectivity index (χ4v) is 6.54. The Morgan fingerprint density at radius 3 is 2.70 bits per heavy atom. The molecular formula is C16H16N6O3S2. The first kappa shape index (κ1) is 16.8. The lowest BCUT2D eigenvalue weighted by Crippen LogP contribution is -2.57. The number of rotatable bonds is 3. The zero-order valence-electron chi connectivity index (χ0n) is 14.1. The summed E-state index contributed by atoms with van der Waals surface area (Å²) in [6.45, 7) is 0.723. The van der Waals surface area contributed by atoms with Crippen LogP contribution in [0.4, 0.5) is 0 Å². The number of aromatic amines is 1. The van der Waals surface area contributed by atoms with Crippen LogP contribution in [-0.2, 0) is 10.0 Å². The van der Waals surface area contributed by atoms with Gasteiger partial charge in [-0.1, -0.05) is 0 Å². The highest BCUT2D eigenvalue weighted by atomic mass is 32.2. The molecule has 9 nitrogen and oxygen atoms in total. The van der Waals surface area contributed by atoms with Gasteiger partial charge in [-0.2, -0.15) is 19.7 Å². The zero-order chi connectivity index (χ0) is 18.6. The molecule has 2 fully saturated rings. The number of carbonyl (C=O) groups is 1. The summed E-state index contributed by atoms with van der Waals surface area (Å²) in [5, 5.41) is 9.94. The van der Waals surface area contributed by atoms with Crippen LogP contribution in [0, 0.1) is 0 Å². The van der Waals surface area contributed by atoms with E-state index >= 15 is 0 Å². The van der Waals surface area contributed by atoms with E-state index in [1.54, 1.807) is 32.9 Å². The van der Waals surface area contributed by atoms with Gasteiger partial charge in [-0.25, -0.2) is 13.4 Å². The summed E-state index contributed by atoms with van der Waals surface area (Å²) in [7, 11) is -3.64. The highest BCUT2D eigenvalue weighted by Gasteiger charge is 2.48. The molecule has 140 valence electrons. The van der Waals surface area contributed by atoms with Gasteiger partial charge in [0.25, 0.3) is 5.91 Å². The molecule has 2 bridgehead atoms. The fraction of sp³-hybridized carbons (Fsp3) is 0.375. The second-order valence-corrected chi connectivity index (χ2v) is 9.50. The van der Waals surface area contributed by atoms with Crippen LogP contribution in [-0.4, -0.2) is 69.1 Å². The number of H-pyrrole nitrogens is 1. The second-order valence-electron chi connectivity index (χ2n) is 6.77. The number of likely N-dealkylation sites (tertiary alicyclic amines) is 1. The number of aromatic nitrogens is 4. The number of amides is 1. The topological polar surface area (TPSA) is 112 Å². The minimum absolute atomic E-state index is 0.221. The largest absolute Gasteiger partial charge is 0.334 e. The van der Waals surface area contributed by atoms with E-state index in [4.69, 9.17) is 0 Å². The lowest BCUT2D eigenvalue weighted by molar-refractivity contribution is 0.0609. The molecule has 2 saturated heterocycles. The summed E-state index contributed by atoms with van der Waals surface area (Å²) in [4.78, 5) is 18.7. The Balaban J connectivity index is 1.44. The molecule has 3 aromatic rings. The smallest absolute Gasteiger partial charge is 0.276 e.